The second-order valence-electron chi connectivity index (χ2n) is 13.7. The van der Waals surface area contributed by atoms with Crippen molar-refractivity contribution >= 4 is 34.7 Å². The average Bonchev–Trinajstić information content (AvgIpc) is 3.38. The van der Waals surface area contributed by atoms with Crippen molar-refractivity contribution in [2.75, 3.05) is 23.3 Å². The van der Waals surface area contributed by atoms with E-state index in [1.54, 1.807) is 12.1 Å². The van der Waals surface area contributed by atoms with E-state index in [1.165, 1.54) is 57.2 Å². The van der Waals surface area contributed by atoms with Gasteiger partial charge in [-0.25, -0.2) is 4.79 Å². The number of amides is 1. The third-order valence-electron chi connectivity index (χ3n) is 9.69. The van der Waals surface area contributed by atoms with Crippen LogP contribution >= 0.6 is 0 Å². The molecule has 2 heterocycles. The molecule has 244 valence electrons. The molecule has 0 saturated carbocycles. The molecular weight excluding hydrogens is 582 g/mol. The summed E-state index contributed by atoms with van der Waals surface area (Å²) < 4.78 is 2.40. The first kappa shape index (κ1) is 33.6. The molecule has 0 bridgehead atoms. The highest BCUT2D eigenvalue weighted by Gasteiger charge is 2.44. The summed E-state index contributed by atoms with van der Waals surface area (Å²) in [6.07, 6.45) is 9.67. The van der Waals surface area contributed by atoms with Gasteiger partial charge < -0.3 is 15.3 Å². The van der Waals surface area contributed by atoms with Crippen LogP contribution in [0.5, 0.6) is 0 Å². The Morgan fingerprint density at radius 1 is 0.872 bits per heavy atom. The highest BCUT2D eigenvalue weighted by atomic mass is 16.4. The minimum atomic E-state index is -0.993. The first-order chi connectivity index (χ1) is 22.3. The van der Waals surface area contributed by atoms with E-state index in [2.05, 4.69) is 131 Å². The molecule has 47 heavy (non-hydrogen) atoms. The van der Waals surface area contributed by atoms with Gasteiger partial charge in [-0.05, 0) is 102 Å². The second-order valence-corrected chi connectivity index (χ2v) is 13.7. The summed E-state index contributed by atoms with van der Waals surface area (Å²) in [5.74, 6) is -1.11. The van der Waals surface area contributed by atoms with Crippen molar-refractivity contribution in [3.8, 4) is 0 Å². The van der Waals surface area contributed by atoms with Crippen LogP contribution in [-0.4, -0.2) is 40.4 Å². The molecule has 3 aromatic carbocycles. The van der Waals surface area contributed by atoms with Gasteiger partial charge in [-0.3, -0.25) is 4.79 Å². The zero-order valence-corrected chi connectivity index (χ0v) is 29.1. The summed E-state index contributed by atoms with van der Waals surface area (Å²) in [6, 6.07) is 19.7. The number of hydrogen-bond acceptors (Lipinski definition) is 3. The number of anilines is 2. The third kappa shape index (κ3) is 6.60. The number of likely N-dealkylation sites (N-methyl/N-ethyl adjacent to an activating group) is 1. The average molecular weight is 631 g/mol. The number of carbonyl (C=O) groups excluding carboxylic acids is 1. The van der Waals surface area contributed by atoms with Crippen molar-refractivity contribution < 1.29 is 19.3 Å². The molecule has 2 aliphatic heterocycles. The van der Waals surface area contributed by atoms with Gasteiger partial charge in [0.05, 0.1) is 11.0 Å². The minimum absolute atomic E-state index is 0.119. The van der Waals surface area contributed by atoms with Crippen LogP contribution in [0.3, 0.4) is 0 Å². The van der Waals surface area contributed by atoms with Crippen LogP contribution in [0.15, 0.2) is 96.2 Å². The minimum Gasteiger partial charge on any atom is -0.478 e. The summed E-state index contributed by atoms with van der Waals surface area (Å²) in [4.78, 5) is 26.7. The molecule has 3 aromatic rings. The van der Waals surface area contributed by atoms with Crippen molar-refractivity contribution in [2.24, 2.45) is 0 Å². The van der Waals surface area contributed by atoms with Gasteiger partial charge in [0.15, 0.2) is 5.71 Å². The monoisotopic (exact) mass is 630 g/mol. The zero-order chi connectivity index (χ0) is 34.1. The second kappa shape index (κ2) is 13.2. The van der Waals surface area contributed by atoms with Crippen molar-refractivity contribution in [3.63, 3.8) is 0 Å². The molecular formula is C41H48N3O3+. The zero-order valence-electron chi connectivity index (χ0n) is 29.1. The Hall–Kier alpha value is -4.71. The molecule has 0 aromatic heterocycles. The molecule has 0 saturated heterocycles. The Morgan fingerprint density at radius 2 is 1.53 bits per heavy atom. The lowest BCUT2D eigenvalue weighted by Crippen LogP contribution is -2.27. The van der Waals surface area contributed by atoms with Gasteiger partial charge in [-0.1, -0.05) is 55.3 Å². The Morgan fingerprint density at radius 3 is 2.17 bits per heavy atom. The lowest BCUT2D eigenvalue weighted by atomic mass is 9.80. The molecule has 0 unspecified atom stereocenters. The Labute approximate surface area is 279 Å². The van der Waals surface area contributed by atoms with Crippen LogP contribution in [0.2, 0.25) is 0 Å². The van der Waals surface area contributed by atoms with Crippen LogP contribution in [0, 0.1) is 13.8 Å². The first-order valence-corrected chi connectivity index (χ1v) is 16.6. The fourth-order valence-electron chi connectivity index (χ4n) is 7.03. The number of hydrogen-bond donors (Lipinski definition) is 2. The van der Waals surface area contributed by atoms with E-state index in [0.717, 1.165) is 18.7 Å². The molecule has 0 atom stereocenters. The number of carboxylic acids is 1. The number of benzene rings is 3. The van der Waals surface area contributed by atoms with E-state index in [9.17, 15) is 14.7 Å². The van der Waals surface area contributed by atoms with Gasteiger partial charge in [0.2, 0.25) is 11.6 Å². The van der Waals surface area contributed by atoms with Crippen molar-refractivity contribution in [1.82, 2.24) is 0 Å². The van der Waals surface area contributed by atoms with Gasteiger partial charge in [-0.2, -0.15) is 4.58 Å². The number of allylic oxidation sites excluding steroid dienone is 6. The molecule has 0 fully saturated rings. The number of aryl methyl sites for hydroxylation is 2. The number of nitrogens with one attached hydrogen (secondary N) is 1. The number of fused-ring (bicyclic) bond motifs is 2. The van der Waals surface area contributed by atoms with Gasteiger partial charge >= 0.3 is 5.97 Å². The van der Waals surface area contributed by atoms with E-state index in [-0.39, 0.29) is 28.7 Å². The maximum atomic E-state index is 13.1. The molecule has 2 aliphatic rings. The van der Waals surface area contributed by atoms with Gasteiger partial charge in [0, 0.05) is 53.2 Å². The highest BCUT2D eigenvalue weighted by Crippen LogP contribution is 2.48. The lowest BCUT2D eigenvalue weighted by molar-refractivity contribution is -0.433. The van der Waals surface area contributed by atoms with Crippen molar-refractivity contribution in [3.05, 3.63) is 124 Å². The normalized spacial score (nSPS) is 17.4. The lowest BCUT2D eigenvalue weighted by Gasteiger charge is -2.26. The maximum absolute atomic E-state index is 13.1. The molecule has 6 nitrogen and oxygen atoms in total. The molecule has 0 spiro atoms. The largest absolute Gasteiger partial charge is 0.478 e. The summed E-state index contributed by atoms with van der Waals surface area (Å²) in [5.41, 5.74) is 11.6. The Bertz CT molecular complexity index is 1840. The number of nitrogens with zero attached hydrogens (tertiary/aromatic N) is 2. The summed E-state index contributed by atoms with van der Waals surface area (Å²) >= 11 is 0. The quantitative estimate of drug-likeness (QED) is 0.173. The smallest absolute Gasteiger partial charge is 0.335 e. The summed E-state index contributed by atoms with van der Waals surface area (Å²) in [6.45, 7) is 19.5. The summed E-state index contributed by atoms with van der Waals surface area (Å²) in [7, 11) is 0. The summed E-state index contributed by atoms with van der Waals surface area (Å²) in [5, 5.41) is 12.1. The fraction of sp³-hybridized carbons (Fsp3) is 0.341. The van der Waals surface area contributed by atoms with E-state index in [0.29, 0.717) is 12.1 Å². The first-order valence-electron chi connectivity index (χ1n) is 16.6. The molecule has 0 radical (unpaired) electrons. The molecule has 0 aliphatic carbocycles. The van der Waals surface area contributed by atoms with Gasteiger partial charge in [-0.15, -0.1) is 0 Å². The SMILES string of the molecule is CCN1/C(=C/C=C(/C=C/C2=[N+](CC)c3ccc(C)cc3C2(C)C)CCC(=O)Nc2ccc(C(=O)O)cc2)C(C)(C)c2cc(C)ccc21. The number of carboxylic acid groups (broad SMARTS) is 1. The van der Waals surface area contributed by atoms with Crippen LogP contribution in [0.1, 0.15) is 87.0 Å². The predicted octanol–water partition coefficient (Wildman–Crippen LogP) is 9.00. The molecule has 2 N–H and O–H groups in total. The molecule has 6 heteroatoms. The predicted molar refractivity (Wildman–Crippen MR) is 193 cm³/mol. The van der Waals surface area contributed by atoms with Gasteiger partial charge in [0.25, 0.3) is 0 Å². The number of aromatic carboxylic acids is 1. The van der Waals surface area contributed by atoms with Crippen LogP contribution in [-0.2, 0) is 15.6 Å². The maximum Gasteiger partial charge on any atom is 0.335 e. The molecule has 1 amide bonds. The van der Waals surface area contributed by atoms with Crippen LogP contribution < -0.4 is 10.2 Å². The van der Waals surface area contributed by atoms with Crippen molar-refractivity contribution in [2.45, 2.75) is 79.1 Å². The topological polar surface area (TPSA) is 72.7 Å². The van der Waals surface area contributed by atoms with Gasteiger partial charge in [0.1, 0.15) is 6.54 Å². The van der Waals surface area contributed by atoms with Crippen LogP contribution in [0.25, 0.3) is 0 Å². The number of carbonyl (C=O) groups is 2. The van der Waals surface area contributed by atoms with E-state index >= 15 is 0 Å². The standard InChI is InChI=1S/C41H47N3O3/c1-9-43-34-20-11-27(3)25-32(34)40(5,6)36(43)22-13-29(15-24-38(45)42-31-18-16-30(17-19-31)39(46)47)14-23-37-41(7,8)33-26-28(4)12-21-35(33)44(37)10-2/h11-14,16-23,25-26H,9-10,15,24H2,1-8H3,(H-,42,45,46,47)/p+1. The number of rotatable bonds is 10. The Kier molecular flexibility index (Phi) is 9.44. The van der Waals surface area contributed by atoms with E-state index < -0.39 is 5.97 Å². The van der Waals surface area contributed by atoms with E-state index in [1.807, 2.05) is 0 Å². The molecule has 5 rings (SSSR count). The van der Waals surface area contributed by atoms with E-state index in [4.69, 9.17) is 0 Å². The third-order valence-corrected chi connectivity index (χ3v) is 9.69. The van der Waals surface area contributed by atoms with Crippen LogP contribution in [0.4, 0.5) is 17.1 Å². The highest BCUT2D eigenvalue weighted by molar-refractivity contribution is 6.03. The van der Waals surface area contributed by atoms with Crippen molar-refractivity contribution in [1.29, 1.82) is 0 Å². The fourth-order valence-corrected chi connectivity index (χ4v) is 7.03. The Balaban J connectivity index is 1.48.